The SMILES string of the molecule is CC[NH+](CC(=O)Nc1cc(Cl)ccc1C)CC(=O)N[C@H](C)c1ccccc1Cl. The highest BCUT2D eigenvalue weighted by atomic mass is 35.5. The minimum absolute atomic E-state index is 0.129. The van der Waals surface area contributed by atoms with Gasteiger partial charge in [-0.3, -0.25) is 9.59 Å². The van der Waals surface area contributed by atoms with E-state index in [0.29, 0.717) is 22.3 Å². The van der Waals surface area contributed by atoms with Crippen molar-refractivity contribution in [3.63, 3.8) is 0 Å². The molecule has 2 amide bonds. The Kier molecular flexibility index (Phi) is 8.30. The summed E-state index contributed by atoms with van der Waals surface area (Å²) in [4.78, 5) is 25.7. The molecule has 2 rings (SSSR count). The van der Waals surface area contributed by atoms with Crippen LogP contribution in [-0.4, -0.2) is 31.4 Å². The lowest BCUT2D eigenvalue weighted by Crippen LogP contribution is -3.14. The van der Waals surface area contributed by atoms with E-state index in [0.717, 1.165) is 16.0 Å². The molecule has 0 aromatic heterocycles. The molecule has 7 heteroatoms. The van der Waals surface area contributed by atoms with Crippen molar-refractivity contribution in [1.29, 1.82) is 0 Å². The Morgan fingerprint density at radius 2 is 1.75 bits per heavy atom. The Morgan fingerprint density at radius 1 is 1.07 bits per heavy atom. The molecule has 0 fully saturated rings. The van der Waals surface area contributed by atoms with E-state index in [-0.39, 0.29) is 30.9 Å². The van der Waals surface area contributed by atoms with Gasteiger partial charge >= 0.3 is 0 Å². The number of anilines is 1. The first kappa shape index (κ1) is 22.2. The molecular weight excluding hydrogens is 397 g/mol. The maximum atomic E-state index is 12.4. The number of quaternary nitrogens is 1. The van der Waals surface area contributed by atoms with Crippen LogP contribution in [0.5, 0.6) is 0 Å². The molecule has 0 heterocycles. The number of hydrogen-bond acceptors (Lipinski definition) is 2. The maximum absolute atomic E-state index is 12.4. The van der Waals surface area contributed by atoms with Crippen LogP contribution in [0, 0.1) is 6.92 Å². The lowest BCUT2D eigenvalue weighted by molar-refractivity contribution is -0.881. The van der Waals surface area contributed by atoms with E-state index < -0.39 is 0 Å². The van der Waals surface area contributed by atoms with Gasteiger partial charge in [0.25, 0.3) is 11.8 Å². The molecule has 5 nitrogen and oxygen atoms in total. The highest BCUT2D eigenvalue weighted by Crippen LogP contribution is 2.22. The van der Waals surface area contributed by atoms with Crippen LogP contribution in [0.3, 0.4) is 0 Å². The van der Waals surface area contributed by atoms with E-state index in [1.807, 2.05) is 45.0 Å². The van der Waals surface area contributed by atoms with Crippen LogP contribution >= 0.6 is 23.2 Å². The number of benzene rings is 2. The molecule has 0 saturated heterocycles. The molecule has 0 aliphatic carbocycles. The Hall–Kier alpha value is -2.08. The predicted molar refractivity (Wildman–Crippen MR) is 114 cm³/mol. The molecule has 0 spiro atoms. The molecule has 2 aromatic rings. The minimum Gasteiger partial charge on any atom is -0.345 e. The number of aryl methyl sites for hydroxylation is 1. The van der Waals surface area contributed by atoms with Crippen LogP contribution in [-0.2, 0) is 9.59 Å². The van der Waals surface area contributed by atoms with E-state index in [2.05, 4.69) is 10.6 Å². The van der Waals surface area contributed by atoms with E-state index in [4.69, 9.17) is 23.2 Å². The summed E-state index contributed by atoms with van der Waals surface area (Å²) in [7, 11) is 0. The van der Waals surface area contributed by atoms with Crippen LogP contribution in [0.25, 0.3) is 0 Å². The van der Waals surface area contributed by atoms with Crippen LogP contribution in [0.4, 0.5) is 5.69 Å². The number of carbonyl (C=O) groups is 2. The zero-order valence-electron chi connectivity index (χ0n) is 16.3. The monoisotopic (exact) mass is 422 g/mol. The first-order valence-electron chi connectivity index (χ1n) is 9.23. The Balaban J connectivity index is 1.90. The Labute approximate surface area is 176 Å². The Morgan fingerprint density at radius 3 is 2.43 bits per heavy atom. The number of likely N-dealkylation sites (N-methyl/N-ethyl adjacent to an activating group) is 1. The second kappa shape index (κ2) is 10.5. The molecule has 28 heavy (non-hydrogen) atoms. The van der Waals surface area contributed by atoms with E-state index in [1.165, 1.54) is 0 Å². The molecule has 2 aromatic carbocycles. The van der Waals surface area contributed by atoms with Crippen molar-refractivity contribution in [3.05, 3.63) is 63.6 Å². The third-order valence-corrected chi connectivity index (χ3v) is 5.12. The summed E-state index contributed by atoms with van der Waals surface area (Å²) in [6.07, 6.45) is 0. The van der Waals surface area contributed by atoms with Gasteiger partial charge in [0.15, 0.2) is 13.1 Å². The minimum atomic E-state index is -0.206. The predicted octanol–water partition coefficient (Wildman–Crippen LogP) is 3.02. The fraction of sp³-hybridized carbons (Fsp3) is 0.333. The van der Waals surface area contributed by atoms with Crippen molar-refractivity contribution in [2.45, 2.75) is 26.8 Å². The maximum Gasteiger partial charge on any atom is 0.279 e. The zero-order valence-corrected chi connectivity index (χ0v) is 17.8. The first-order chi connectivity index (χ1) is 13.3. The second-order valence-corrected chi connectivity index (χ2v) is 7.62. The van der Waals surface area contributed by atoms with Gasteiger partial charge in [-0.2, -0.15) is 0 Å². The van der Waals surface area contributed by atoms with Gasteiger partial charge in [0, 0.05) is 15.7 Å². The van der Waals surface area contributed by atoms with Crippen LogP contribution in [0.2, 0.25) is 10.0 Å². The van der Waals surface area contributed by atoms with Crippen molar-refractivity contribution in [3.8, 4) is 0 Å². The molecule has 2 atom stereocenters. The number of halogens is 2. The molecule has 0 aliphatic rings. The summed E-state index contributed by atoms with van der Waals surface area (Å²) >= 11 is 12.2. The summed E-state index contributed by atoms with van der Waals surface area (Å²) in [5.74, 6) is -0.287. The highest BCUT2D eigenvalue weighted by molar-refractivity contribution is 6.31. The first-order valence-corrected chi connectivity index (χ1v) is 9.99. The van der Waals surface area contributed by atoms with Gasteiger partial charge in [0.2, 0.25) is 0 Å². The average molecular weight is 423 g/mol. The molecule has 0 aliphatic heterocycles. The van der Waals surface area contributed by atoms with E-state index in [9.17, 15) is 9.59 Å². The van der Waals surface area contributed by atoms with Gasteiger partial charge in [-0.15, -0.1) is 0 Å². The molecule has 0 saturated carbocycles. The number of amides is 2. The smallest absolute Gasteiger partial charge is 0.279 e. The van der Waals surface area contributed by atoms with E-state index in [1.54, 1.807) is 18.2 Å². The Bertz CT molecular complexity index is 842. The van der Waals surface area contributed by atoms with Gasteiger partial charge in [-0.25, -0.2) is 0 Å². The lowest BCUT2D eigenvalue weighted by atomic mass is 10.1. The molecular formula is C21H26Cl2N3O2+. The van der Waals surface area contributed by atoms with Crippen molar-refractivity contribution in [1.82, 2.24) is 5.32 Å². The summed E-state index contributed by atoms with van der Waals surface area (Å²) in [5, 5.41) is 7.00. The van der Waals surface area contributed by atoms with Crippen LogP contribution in [0.1, 0.15) is 31.0 Å². The molecule has 0 bridgehead atoms. The normalized spacial score (nSPS) is 12.9. The van der Waals surface area contributed by atoms with Crippen LogP contribution in [0.15, 0.2) is 42.5 Å². The van der Waals surface area contributed by atoms with Crippen molar-refractivity contribution >= 4 is 40.7 Å². The van der Waals surface area contributed by atoms with Gasteiger partial charge in [-0.1, -0.05) is 47.5 Å². The number of rotatable bonds is 8. The van der Waals surface area contributed by atoms with Gasteiger partial charge in [-0.05, 0) is 50.1 Å². The zero-order chi connectivity index (χ0) is 20.7. The average Bonchev–Trinajstić information content (AvgIpc) is 2.64. The van der Waals surface area contributed by atoms with Crippen LogP contribution < -0.4 is 15.5 Å². The topological polar surface area (TPSA) is 62.6 Å². The molecule has 0 radical (unpaired) electrons. The summed E-state index contributed by atoms with van der Waals surface area (Å²) in [6, 6.07) is 12.6. The number of carbonyl (C=O) groups excluding carboxylic acids is 2. The summed E-state index contributed by atoms with van der Waals surface area (Å²) in [6.45, 7) is 6.77. The fourth-order valence-electron chi connectivity index (χ4n) is 2.89. The van der Waals surface area contributed by atoms with Crippen molar-refractivity contribution in [2.24, 2.45) is 0 Å². The van der Waals surface area contributed by atoms with E-state index >= 15 is 0 Å². The summed E-state index contributed by atoms with van der Waals surface area (Å²) < 4.78 is 0. The summed E-state index contributed by atoms with van der Waals surface area (Å²) in [5.41, 5.74) is 2.48. The highest BCUT2D eigenvalue weighted by Gasteiger charge is 2.19. The quantitative estimate of drug-likeness (QED) is 0.611. The third-order valence-electron chi connectivity index (χ3n) is 4.54. The second-order valence-electron chi connectivity index (χ2n) is 6.78. The lowest BCUT2D eigenvalue weighted by Gasteiger charge is -2.20. The van der Waals surface area contributed by atoms with Crippen molar-refractivity contribution < 1.29 is 14.5 Å². The number of hydrogen-bond donors (Lipinski definition) is 3. The number of nitrogens with one attached hydrogen (secondary N) is 3. The van der Waals surface area contributed by atoms with Crippen molar-refractivity contribution in [2.75, 3.05) is 25.0 Å². The standard InChI is InChI=1S/C21H25Cl2N3O2/c1-4-26(13-21(28)25-19-11-16(22)10-9-14(19)2)12-20(27)24-15(3)17-7-5-6-8-18(17)23/h5-11,15H,4,12-13H2,1-3H3,(H,24,27)(H,25,28)/p+1/t15-/m1/s1. The molecule has 1 unspecified atom stereocenters. The molecule has 3 N–H and O–H groups in total. The van der Waals surface area contributed by atoms with Gasteiger partial charge in [0.05, 0.1) is 12.6 Å². The van der Waals surface area contributed by atoms with Gasteiger partial charge < -0.3 is 15.5 Å². The molecule has 150 valence electrons. The fourth-order valence-corrected chi connectivity index (χ4v) is 3.36. The largest absolute Gasteiger partial charge is 0.345 e. The van der Waals surface area contributed by atoms with Gasteiger partial charge in [0.1, 0.15) is 0 Å². The third kappa shape index (κ3) is 6.51.